The van der Waals surface area contributed by atoms with Crippen LogP contribution in [0.15, 0.2) is 18.2 Å². The zero-order valence-corrected chi connectivity index (χ0v) is 11.5. The Hall–Kier alpha value is -2.36. The zero-order chi connectivity index (χ0) is 16.9. The first kappa shape index (κ1) is 17.7. The van der Waals surface area contributed by atoms with Crippen LogP contribution in [-0.4, -0.2) is 37.9 Å². The average molecular weight is 323 g/mol. The Morgan fingerprint density at radius 1 is 1.36 bits per heavy atom. The molecule has 0 aliphatic heterocycles. The number of carbonyl (C=O) groups excluding carboxylic acids is 1. The molecule has 0 spiro atoms. The molecule has 0 bridgehead atoms. The fourth-order valence-electron chi connectivity index (χ4n) is 1.62. The molecule has 7 nitrogen and oxygen atoms in total. The number of alkyl halides is 3. The van der Waals surface area contributed by atoms with Gasteiger partial charge < -0.3 is 14.2 Å². The lowest BCUT2D eigenvalue weighted by Gasteiger charge is -2.19. The Labute approximate surface area is 122 Å². The van der Waals surface area contributed by atoms with Crippen molar-refractivity contribution in [3.8, 4) is 5.75 Å². The van der Waals surface area contributed by atoms with Gasteiger partial charge in [-0.1, -0.05) is 6.07 Å². The summed E-state index contributed by atoms with van der Waals surface area (Å²) in [7, 11) is 1.93. The first-order valence-electron chi connectivity index (χ1n) is 5.78. The van der Waals surface area contributed by atoms with E-state index < -0.39 is 41.0 Å². The first-order valence-corrected chi connectivity index (χ1v) is 5.78. The molecule has 22 heavy (non-hydrogen) atoms. The third-order valence-corrected chi connectivity index (χ3v) is 2.59. The summed E-state index contributed by atoms with van der Waals surface area (Å²) in [6.45, 7) is -0.607. The van der Waals surface area contributed by atoms with E-state index in [0.29, 0.717) is 6.07 Å². The Morgan fingerprint density at radius 3 is 2.45 bits per heavy atom. The topological polar surface area (TPSA) is 87.9 Å². The Kier molecular flexibility index (Phi) is 5.69. The molecule has 10 heteroatoms. The van der Waals surface area contributed by atoms with Crippen LogP contribution < -0.4 is 4.74 Å². The minimum absolute atomic E-state index is 0.351. The second kappa shape index (κ2) is 7.07. The highest BCUT2D eigenvalue weighted by Gasteiger charge is 2.42. The molecule has 1 unspecified atom stereocenters. The fourth-order valence-corrected chi connectivity index (χ4v) is 1.62. The van der Waals surface area contributed by atoms with Crippen LogP contribution >= 0.6 is 0 Å². The van der Waals surface area contributed by atoms with E-state index in [1.165, 1.54) is 0 Å². The minimum atomic E-state index is -4.73. The number of rotatable bonds is 6. The van der Waals surface area contributed by atoms with Gasteiger partial charge in [0.1, 0.15) is 0 Å². The van der Waals surface area contributed by atoms with E-state index in [2.05, 4.69) is 9.47 Å². The van der Waals surface area contributed by atoms with Crippen molar-refractivity contribution in [2.45, 2.75) is 12.3 Å². The van der Waals surface area contributed by atoms with Gasteiger partial charge in [-0.3, -0.25) is 10.1 Å². The van der Waals surface area contributed by atoms with E-state index in [1.807, 2.05) is 0 Å². The summed E-state index contributed by atoms with van der Waals surface area (Å²) in [5.74, 6) is -1.14. The molecule has 0 saturated heterocycles. The average Bonchev–Trinajstić information content (AvgIpc) is 2.44. The summed E-state index contributed by atoms with van der Waals surface area (Å²) < 4.78 is 51.7. The molecular weight excluding hydrogens is 311 g/mol. The van der Waals surface area contributed by atoms with Gasteiger partial charge in [0.2, 0.25) is 0 Å². The second-order valence-corrected chi connectivity index (χ2v) is 4.01. The molecule has 0 N–H and O–H groups in total. The summed E-state index contributed by atoms with van der Waals surface area (Å²) in [5, 5.41) is 10.9. The number of hydrogen-bond donors (Lipinski definition) is 0. The Balaban J connectivity index is 3.14. The van der Waals surface area contributed by atoms with Gasteiger partial charge in [-0.25, -0.2) is 4.79 Å². The number of carbonyl (C=O) groups is 1. The van der Waals surface area contributed by atoms with Crippen LogP contribution in [0.1, 0.15) is 11.7 Å². The van der Waals surface area contributed by atoms with Crippen molar-refractivity contribution < 1.29 is 37.1 Å². The standard InChI is InChI=1S/C12H12F3NO6/c1-20-10(17)6-22-9-4-3-7(5-8(9)16(18)19)11(21-2)12(13,14)15/h3-5,11H,6H2,1-2H3. The first-order chi connectivity index (χ1) is 10.2. The van der Waals surface area contributed by atoms with Crippen LogP contribution in [-0.2, 0) is 14.3 Å². The highest BCUT2D eigenvalue weighted by molar-refractivity contribution is 5.71. The number of ether oxygens (including phenoxy) is 3. The molecule has 1 rings (SSSR count). The molecule has 0 amide bonds. The minimum Gasteiger partial charge on any atom is -0.475 e. The van der Waals surface area contributed by atoms with Crippen LogP contribution in [0.5, 0.6) is 5.75 Å². The number of esters is 1. The lowest BCUT2D eigenvalue weighted by atomic mass is 10.1. The summed E-state index contributed by atoms with van der Waals surface area (Å²) in [4.78, 5) is 21.0. The van der Waals surface area contributed by atoms with Crippen molar-refractivity contribution >= 4 is 11.7 Å². The van der Waals surface area contributed by atoms with Crippen LogP contribution in [0, 0.1) is 10.1 Å². The third-order valence-electron chi connectivity index (χ3n) is 2.59. The number of nitrogens with zero attached hydrogens (tertiary/aromatic N) is 1. The molecular formula is C12H12F3NO6. The maximum atomic E-state index is 12.8. The molecule has 0 saturated carbocycles. The van der Waals surface area contributed by atoms with Gasteiger partial charge in [0.25, 0.3) is 0 Å². The van der Waals surface area contributed by atoms with E-state index >= 15 is 0 Å². The molecule has 0 aliphatic carbocycles. The number of halogens is 3. The van der Waals surface area contributed by atoms with Crippen LogP contribution in [0.3, 0.4) is 0 Å². The third kappa shape index (κ3) is 4.32. The van der Waals surface area contributed by atoms with Crippen molar-refractivity contribution in [1.29, 1.82) is 0 Å². The fraction of sp³-hybridized carbons (Fsp3) is 0.417. The van der Waals surface area contributed by atoms with Gasteiger partial charge in [-0.2, -0.15) is 13.2 Å². The van der Waals surface area contributed by atoms with E-state index in [-0.39, 0.29) is 5.75 Å². The predicted octanol–water partition coefficient (Wildman–Crippen LogP) is 2.40. The number of methoxy groups -OCH3 is 2. The van der Waals surface area contributed by atoms with Gasteiger partial charge in [-0.15, -0.1) is 0 Å². The summed E-state index contributed by atoms with van der Waals surface area (Å²) in [6.07, 6.45) is -7.03. The van der Waals surface area contributed by atoms with Crippen LogP contribution in [0.4, 0.5) is 18.9 Å². The SMILES string of the molecule is COC(=O)COc1ccc(C(OC)C(F)(F)F)cc1[N+](=O)[O-]. The highest BCUT2D eigenvalue weighted by Crippen LogP contribution is 2.38. The van der Waals surface area contributed by atoms with Gasteiger partial charge in [0.15, 0.2) is 18.5 Å². The van der Waals surface area contributed by atoms with Gasteiger partial charge in [-0.05, 0) is 11.6 Å². The van der Waals surface area contributed by atoms with E-state index in [0.717, 1.165) is 26.4 Å². The van der Waals surface area contributed by atoms with E-state index in [1.54, 1.807) is 0 Å². The zero-order valence-electron chi connectivity index (χ0n) is 11.5. The lowest BCUT2D eigenvalue weighted by molar-refractivity contribution is -0.386. The summed E-state index contributed by atoms with van der Waals surface area (Å²) in [5.41, 5.74) is -1.17. The molecule has 0 radical (unpaired) electrons. The molecule has 1 atom stereocenters. The predicted molar refractivity (Wildman–Crippen MR) is 66.4 cm³/mol. The maximum absolute atomic E-state index is 12.8. The molecule has 122 valence electrons. The molecule has 0 aromatic heterocycles. The van der Waals surface area contributed by atoms with Crippen molar-refractivity contribution in [3.05, 3.63) is 33.9 Å². The Bertz CT molecular complexity index is 560. The number of benzene rings is 1. The molecule has 1 aromatic rings. The number of nitro benzene ring substituents is 1. The maximum Gasteiger partial charge on any atom is 0.418 e. The van der Waals surface area contributed by atoms with E-state index in [4.69, 9.17) is 4.74 Å². The summed E-state index contributed by atoms with van der Waals surface area (Å²) in [6, 6.07) is 2.63. The second-order valence-electron chi connectivity index (χ2n) is 4.01. The van der Waals surface area contributed by atoms with Crippen molar-refractivity contribution in [3.63, 3.8) is 0 Å². The van der Waals surface area contributed by atoms with Gasteiger partial charge in [0, 0.05) is 13.2 Å². The van der Waals surface area contributed by atoms with Crippen molar-refractivity contribution in [1.82, 2.24) is 0 Å². The molecule has 0 heterocycles. The smallest absolute Gasteiger partial charge is 0.418 e. The van der Waals surface area contributed by atoms with Crippen molar-refractivity contribution in [2.75, 3.05) is 20.8 Å². The normalized spacial score (nSPS) is 12.6. The van der Waals surface area contributed by atoms with Gasteiger partial charge >= 0.3 is 17.8 Å². The van der Waals surface area contributed by atoms with Crippen LogP contribution in [0.2, 0.25) is 0 Å². The Morgan fingerprint density at radius 2 is 2.00 bits per heavy atom. The quantitative estimate of drug-likeness (QED) is 0.454. The van der Waals surface area contributed by atoms with Gasteiger partial charge in [0.05, 0.1) is 12.0 Å². The number of hydrogen-bond acceptors (Lipinski definition) is 6. The van der Waals surface area contributed by atoms with Crippen molar-refractivity contribution in [2.24, 2.45) is 0 Å². The number of nitro groups is 1. The lowest BCUT2D eigenvalue weighted by Crippen LogP contribution is -2.22. The molecule has 1 aromatic carbocycles. The highest BCUT2D eigenvalue weighted by atomic mass is 19.4. The molecule has 0 fully saturated rings. The van der Waals surface area contributed by atoms with E-state index in [9.17, 15) is 28.1 Å². The monoisotopic (exact) mass is 323 g/mol. The molecule has 0 aliphatic rings. The summed E-state index contributed by atoms with van der Waals surface area (Å²) >= 11 is 0. The van der Waals surface area contributed by atoms with Crippen LogP contribution in [0.25, 0.3) is 0 Å². The largest absolute Gasteiger partial charge is 0.475 e.